The molecule has 0 atom stereocenters. The molecule has 3 heterocycles. The van der Waals surface area contributed by atoms with Crippen molar-refractivity contribution in [1.29, 1.82) is 0 Å². The van der Waals surface area contributed by atoms with Crippen LogP contribution in [0, 0.1) is 0 Å². The van der Waals surface area contributed by atoms with Gasteiger partial charge in [-0.3, -0.25) is 4.98 Å². The number of fused-ring (bicyclic) bond motifs is 10. The summed E-state index contributed by atoms with van der Waals surface area (Å²) in [6.45, 7) is 0. The molecule has 9 rings (SSSR count). The van der Waals surface area contributed by atoms with Crippen molar-refractivity contribution in [1.82, 2.24) is 14.1 Å². The van der Waals surface area contributed by atoms with E-state index in [1.807, 2.05) is 6.20 Å². The van der Waals surface area contributed by atoms with Gasteiger partial charge >= 0.3 is 0 Å². The molecule has 0 N–H and O–H groups in total. The first-order valence-electron chi connectivity index (χ1n) is 14.3. The van der Waals surface area contributed by atoms with E-state index in [1.165, 1.54) is 60.1 Å². The fourth-order valence-electron chi connectivity index (χ4n) is 6.79. The van der Waals surface area contributed by atoms with Crippen LogP contribution in [0.1, 0.15) is 0 Å². The molecule has 6 aromatic carbocycles. The quantitative estimate of drug-likeness (QED) is 0.221. The van der Waals surface area contributed by atoms with Crippen LogP contribution < -0.4 is 0 Å². The van der Waals surface area contributed by atoms with E-state index < -0.39 is 0 Å². The molecule has 0 spiro atoms. The fourth-order valence-corrected chi connectivity index (χ4v) is 6.79. The van der Waals surface area contributed by atoms with Crippen molar-refractivity contribution in [2.24, 2.45) is 0 Å². The Morgan fingerprint density at radius 3 is 1.57 bits per heavy atom. The Morgan fingerprint density at radius 1 is 0.381 bits per heavy atom. The van der Waals surface area contributed by atoms with Gasteiger partial charge < -0.3 is 9.13 Å². The number of aromatic nitrogens is 3. The second-order valence-corrected chi connectivity index (χ2v) is 10.8. The van der Waals surface area contributed by atoms with E-state index in [0.29, 0.717) is 0 Å². The van der Waals surface area contributed by atoms with Crippen LogP contribution in [0.3, 0.4) is 0 Å². The van der Waals surface area contributed by atoms with Crippen LogP contribution in [-0.4, -0.2) is 14.1 Å². The summed E-state index contributed by atoms with van der Waals surface area (Å²) in [5, 5.41) is 6.02. The minimum Gasteiger partial charge on any atom is -0.307 e. The van der Waals surface area contributed by atoms with E-state index >= 15 is 0 Å². The first-order chi connectivity index (χ1) is 20.9. The maximum Gasteiger partial charge on any atom is 0.0811 e. The summed E-state index contributed by atoms with van der Waals surface area (Å²) in [5.41, 5.74) is 10.4. The standard InChI is InChI=1S/C39H25N3/c1-3-12-26(13-4-1)27-21-23-29(24-22-27)42-34-20-10-8-17-31(34)36-37-32(18-11-25-40-37)35-30-16-7-9-19-33(30)41(38(35)39(36)42)28-14-5-2-6-15-28/h1-25H. The van der Waals surface area contributed by atoms with Crippen molar-refractivity contribution in [3.63, 3.8) is 0 Å². The third kappa shape index (κ3) is 3.19. The second-order valence-electron chi connectivity index (χ2n) is 10.8. The molecule has 0 radical (unpaired) electrons. The molecule has 0 amide bonds. The van der Waals surface area contributed by atoms with Gasteiger partial charge in [-0.1, -0.05) is 103 Å². The molecule has 42 heavy (non-hydrogen) atoms. The van der Waals surface area contributed by atoms with Crippen LogP contribution in [-0.2, 0) is 0 Å². The van der Waals surface area contributed by atoms with Crippen molar-refractivity contribution < 1.29 is 0 Å². The van der Waals surface area contributed by atoms with Crippen LogP contribution in [0.2, 0.25) is 0 Å². The molecule has 3 nitrogen and oxygen atoms in total. The highest BCUT2D eigenvalue weighted by Gasteiger charge is 2.24. The molecular weight excluding hydrogens is 510 g/mol. The van der Waals surface area contributed by atoms with Gasteiger partial charge in [0.1, 0.15) is 0 Å². The Balaban J connectivity index is 1.52. The van der Waals surface area contributed by atoms with Crippen LogP contribution in [0.15, 0.2) is 152 Å². The van der Waals surface area contributed by atoms with E-state index in [0.717, 1.165) is 16.9 Å². The highest BCUT2D eigenvalue weighted by molar-refractivity contribution is 6.35. The average molecular weight is 536 g/mol. The predicted octanol–water partition coefficient (Wildman–Crippen LogP) is 10.1. The molecule has 0 saturated heterocycles. The zero-order valence-electron chi connectivity index (χ0n) is 22.8. The maximum absolute atomic E-state index is 5.04. The monoisotopic (exact) mass is 535 g/mol. The van der Waals surface area contributed by atoms with Gasteiger partial charge in [0.15, 0.2) is 0 Å². The maximum atomic E-state index is 5.04. The van der Waals surface area contributed by atoms with Gasteiger partial charge in [-0.05, 0) is 53.6 Å². The van der Waals surface area contributed by atoms with Crippen LogP contribution in [0.25, 0.3) is 77.0 Å². The van der Waals surface area contributed by atoms with Gasteiger partial charge in [-0.2, -0.15) is 0 Å². The van der Waals surface area contributed by atoms with Gasteiger partial charge in [0, 0.05) is 44.5 Å². The lowest BCUT2D eigenvalue weighted by Crippen LogP contribution is -1.99. The van der Waals surface area contributed by atoms with Crippen molar-refractivity contribution in [3.8, 4) is 22.5 Å². The lowest BCUT2D eigenvalue weighted by molar-refractivity contribution is 1.15. The number of nitrogens with zero attached hydrogens (tertiary/aromatic N) is 3. The highest BCUT2D eigenvalue weighted by atomic mass is 15.0. The molecule has 0 saturated carbocycles. The van der Waals surface area contributed by atoms with Gasteiger partial charge in [0.25, 0.3) is 0 Å². The number of hydrogen-bond acceptors (Lipinski definition) is 1. The van der Waals surface area contributed by atoms with Gasteiger partial charge in [-0.15, -0.1) is 0 Å². The molecule has 3 aromatic heterocycles. The van der Waals surface area contributed by atoms with E-state index in [2.05, 4.69) is 155 Å². The SMILES string of the molecule is c1ccc(-c2ccc(-n3c4ccccc4c4c5ncccc5c5c6ccccc6n(-c6ccccc6)c5c43)cc2)cc1. The van der Waals surface area contributed by atoms with E-state index in [1.54, 1.807) is 0 Å². The second kappa shape index (κ2) is 8.92. The molecule has 3 heteroatoms. The first-order valence-corrected chi connectivity index (χ1v) is 14.3. The Bertz CT molecular complexity index is 2430. The average Bonchev–Trinajstić information content (AvgIpc) is 3.60. The summed E-state index contributed by atoms with van der Waals surface area (Å²) in [6, 6.07) is 52.0. The molecule has 0 fully saturated rings. The largest absolute Gasteiger partial charge is 0.307 e. The summed E-state index contributed by atoms with van der Waals surface area (Å²) in [5.74, 6) is 0. The number of hydrogen-bond donors (Lipinski definition) is 0. The number of rotatable bonds is 3. The van der Waals surface area contributed by atoms with Gasteiger partial charge in [0.2, 0.25) is 0 Å². The fraction of sp³-hybridized carbons (Fsp3) is 0. The van der Waals surface area contributed by atoms with E-state index in [9.17, 15) is 0 Å². The smallest absolute Gasteiger partial charge is 0.0811 e. The lowest BCUT2D eigenvalue weighted by Gasteiger charge is -2.14. The van der Waals surface area contributed by atoms with Crippen LogP contribution >= 0.6 is 0 Å². The third-order valence-corrected chi connectivity index (χ3v) is 8.53. The summed E-state index contributed by atoms with van der Waals surface area (Å²) < 4.78 is 4.88. The predicted molar refractivity (Wildman–Crippen MR) is 176 cm³/mol. The zero-order valence-corrected chi connectivity index (χ0v) is 22.8. The molecular formula is C39H25N3. The lowest BCUT2D eigenvalue weighted by atomic mass is 10.0. The Kier molecular flexibility index (Phi) is 4.90. The molecule has 0 unspecified atom stereocenters. The molecule has 0 aliphatic rings. The molecule has 0 bridgehead atoms. The molecule has 196 valence electrons. The van der Waals surface area contributed by atoms with E-state index in [-0.39, 0.29) is 0 Å². The van der Waals surface area contributed by atoms with Crippen molar-refractivity contribution in [2.75, 3.05) is 0 Å². The van der Waals surface area contributed by atoms with Gasteiger partial charge in [0.05, 0.1) is 27.6 Å². The Labute approximate surface area is 242 Å². The van der Waals surface area contributed by atoms with Crippen molar-refractivity contribution in [2.45, 2.75) is 0 Å². The topological polar surface area (TPSA) is 22.8 Å². The Morgan fingerprint density at radius 2 is 0.881 bits per heavy atom. The number of para-hydroxylation sites is 3. The highest BCUT2D eigenvalue weighted by Crippen LogP contribution is 2.46. The summed E-state index contributed by atoms with van der Waals surface area (Å²) in [6.07, 6.45) is 1.92. The number of pyridine rings is 1. The normalized spacial score (nSPS) is 11.8. The number of benzene rings is 6. The van der Waals surface area contributed by atoms with E-state index in [4.69, 9.17) is 4.98 Å². The summed E-state index contributed by atoms with van der Waals surface area (Å²) >= 11 is 0. The first kappa shape index (κ1) is 23.1. The van der Waals surface area contributed by atoms with Crippen LogP contribution in [0.4, 0.5) is 0 Å². The molecule has 0 aliphatic heterocycles. The van der Waals surface area contributed by atoms with Crippen molar-refractivity contribution in [3.05, 3.63) is 152 Å². The van der Waals surface area contributed by atoms with Crippen molar-refractivity contribution >= 4 is 54.5 Å². The van der Waals surface area contributed by atoms with Crippen LogP contribution in [0.5, 0.6) is 0 Å². The minimum atomic E-state index is 1.03. The molecule has 0 aliphatic carbocycles. The summed E-state index contributed by atoms with van der Waals surface area (Å²) in [7, 11) is 0. The zero-order chi connectivity index (χ0) is 27.6. The Hall–Kier alpha value is -5.67. The van der Waals surface area contributed by atoms with Gasteiger partial charge in [-0.25, -0.2) is 0 Å². The molecule has 9 aromatic rings. The minimum absolute atomic E-state index is 1.03. The third-order valence-electron chi connectivity index (χ3n) is 8.53. The summed E-state index contributed by atoms with van der Waals surface area (Å²) in [4.78, 5) is 5.04.